The van der Waals surface area contributed by atoms with Gasteiger partial charge < -0.3 is 14.6 Å². The molecule has 1 unspecified atom stereocenters. The third-order valence-corrected chi connectivity index (χ3v) is 4.87. The lowest BCUT2D eigenvalue weighted by molar-refractivity contribution is 0.0192. The van der Waals surface area contributed by atoms with Gasteiger partial charge in [0.1, 0.15) is 5.60 Å². The van der Waals surface area contributed by atoms with E-state index in [-0.39, 0.29) is 17.7 Å². The topological polar surface area (TPSA) is 81.4 Å². The maximum Gasteiger partial charge on any atom is 0.410 e. The van der Waals surface area contributed by atoms with Crippen molar-refractivity contribution < 1.29 is 9.53 Å². The first-order valence-electron chi connectivity index (χ1n) is 8.79. The van der Waals surface area contributed by atoms with Crippen LogP contribution in [0.25, 0.3) is 0 Å². The highest BCUT2D eigenvalue weighted by Gasteiger charge is 2.34. The van der Waals surface area contributed by atoms with Crippen LogP contribution in [0, 0.1) is 4.77 Å². The van der Waals surface area contributed by atoms with Crippen molar-refractivity contribution in [2.75, 3.05) is 19.6 Å². The standard InChI is InChI=1S/C17H26N4O3S/c1-17(2,3)24-16(23)21-7-4-5-11(21)9-20-8-6-13-12(10-20)14(22)19-15(25)18-13/h11H,4-10H2,1-3H3,(H2,18,19,22,25). The molecule has 1 amide bonds. The van der Waals surface area contributed by atoms with Crippen LogP contribution in [0.5, 0.6) is 0 Å². The molecule has 1 atom stereocenters. The highest BCUT2D eigenvalue weighted by molar-refractivity contribution is 7.71. The Hall–Kier alpha value is -1.67. The number of nitrogens with zero attached hydrogens (tertiary/aromatic N) is 2. The minimum Gasteiger partial charge on any atom is -0.444 e. The molecule has 3 heterocycles. The van der Waals surface area contributed by atoms with Crippen molar-refractivity contribution in [2.45, 2.75) is 58.2 Å². The minimum atomic E-state index is -0.487. The molecule has 2 aliphatic rings. The Morgan fingerprint density at radius 3 is 2.80 bits per heavy atom. The van der Waals surface area contributed by atoms with Gasteiger partial charge in [-0.15, -0.1) is 0 Å². The number of ether oxygens (including phenoxy) is 1. The van der Waals surface area contributed by atoms with E-state index in [1.54, 1.807) is 0 Å². The van der Waals surface area contributed by atoms with Gasteiger partial charge in [-0.1, -0.05) is 0 Å². The zero-order chi connectivity index (χ0) is 18.2. The molecule has 1 aromatic heterocycles. The molecule has 0 aromatic carbocycles. The van der Waals surface area contributed by atoms with Crippen molar-refractivity contribution in [1.82, 2.24) is 19.8 Å². The number of aromatic nitrogens is 2. The fourth-order valence-corrected chi connectivity index (χ4v) is 3.77. The molecule has 25 heavy (non-hydrogen) atoms. The number of fused-ring (bicyclic) bond motifs is 1. The highest BCUT2D eigenvalue weighted by Crippen LogP contribution is 2.23. The van der Waals surface area contributed by atoms with Crippen LogP contribution in [0.15, 0.2) is 4.79 Å². The Morgan fingerprint density at radius 2 is 2.08 bits per heavy atom. The molecule has 1 saturated heterocycles. The van der Waals surface area contributed by atoms with E-state index in [9.17, 15) is 9.59 Å². The summed E-state index contributed by atoms with van der Waals surface area (Å²) in [6, 6.07) is 0.137. The van der Waals surface area contributed by atoms with Crippen molar-refractivity contribution in [1.29, 1.82) is 0 Å². The Labute approximate surface area is 152 Å². The summed E-state index contributed by atoms with van der Waals surface area (Å²) in [5.74, 6) is 0. The normalized spacial score (nSPS) is 21.2. The lowest BCUT2D eigenvalue weighted by atomic mass is 10.1. The quantitative estimate of drug-likeness (QED) is 0.784. The molecule has 0 bridgehead atoms. The summed E-state index contributed by atoms with van der Waals surface area (Å²) < 4.78 is 5.91. The summed E-state index contributed by atoms with van der Waals surface area (Å²) in [6.07, 6.45) is 2.48. The Bertz CT molecular complexity index is 764. The molecule has 7 nitrogen and oxygen atoms in total. The molecule has 0 spiro atoms. The molecule has 2 aliphatic heterocycles. The summed E-state index contributed by atoms with van der Waals surface area (Å²) in [5, 5.41) is 0. The fourth-order valence-electron chi connectivity index (χ4n) is 3.55. The van der Waals surface area contributed by atoms with Crippen LogP contribution in [0.1, 0.15) is 44.9 Å². The number of likely N-dealkylation sites (tertiary alicyclic amines) is 1. The molecule has 0 radical (unpaired) electrons. The zero-order valence-corrected chi connectivity index (χ0v) is 15.9. The van der Waals surface area contributed by atoms with Crippen LogP contribution >= 0.6 is 12.2 Å². The van der Waals surface area contributed by atoms with E-state index in [0.717, 1.165) is 50.2 Å². The second-order valence-corrected chi connectivity index (χ2v) is 8.23. The van der Waals surface area contributed by atoms with Crippen molar-refractivity contribution in [3.05, 3.63) is 26.4 Å². The largest absolute Gasteiger partial charge is 0.444 e. The fraction of sp³-hybridized carbons (Fsp3) is 0.706. The van der Waals surface area contributed by atoms with Gasteiger partial charge in [0.25, 0.3) is 5.56 Å². The Balaban J connectivity index is 1.67. The number of hydrogen-bond donors (Lipinski definition) is 2. The van der Waals surface area contributed by atoms with Crippen molar-refractivity contribution in [3.63, 3.8) is 0 Å². The molecule has 2 N–H and O–H groups in total. The summed E-state index contributed by atoms with van der Waals surface area (Å²) in [6.45, 7) is 8.57. The number of aromatic amines is 2. The minimum absolute atomic E-state index is 0.112. The molecular formula is C17H26N4O3S. The number of H-pyrrole nitrogens is 2. The highest BCUT2D eigenvalue weighted by atomic mass is 32.1. The number of amides is 1. The first kappa shape index (κ1) is 18.1. The maximum atomic E-state index is 12.4. The van der Waals surface area contributed by atoms with Gasteiger partial charge in [-0.2, -0.15) is 0 Å². The molecule has 138 valence electrons. The third kappa shape index (κ3) is 4.30. The average molecular weight is 366 g/mol. The van der Waals surface area contributed by atoms with E-state index in [4.69, 9.17) is 17.0 Å². The Kier molecular flexibility index (Phi) is 5.02. The van der Waals surface area contributed by atoms with Crippen LogP contribution in [0.3, 0.4) is 0 Å². The summed E-state index contributed by atoms with van der Waals surface area (Å²) in [5.41, 5.74) is 1.08. The van der Waals surface area contributed by atoms with E-state index in [0.29, 0.717) is 11.3 Å². The van der Waals surface area contributed by atoms with E-state index in [1.165, 1.54) is 0 Å². The molecule has 8 heteroatoms. The van der Waals surface area contributed by atoms with Crippen molar-refractivity contribution in [2.24, 2.45) is 0 Å². The van der Waals surface area contributed by atoms with Crippen LogP contribution in [0.2, 0.25) is 0 Å². The zero-order valence-electron chi connectivity index (χ0n) is 15.1. The van der Waals surface area contributed by atoms with Crippen LogP contribution < -0.4 is 5.56 Å². The van der Waals surface area contributed by atoms with E-state index >= 15 is 0 Å². The van der Waals surface area contributed by atoms with Gasteiger partial charge in [-0.25, -0.2) is 4.79 Å². The number of carbonyl (C=O) groups excluding carboxylic acids is 1. The maximum absolute atomic E-state index is 12.4. The number of carbonyl (C=O) groups is 1. The van der Waals surface area contributed by atoms with Crippen molar-refractivity contribution in [3.8, 4) is 0 Å². The van der Waals surface area contributed by atoms with Gasteiger partial charge in [-0.3, -0.25) is 14.7 Å². The summed E-state index contributed by atoms with van der Waals surface area (Å²) in [4.78, 5) is 34.4. The number of nitrogens with one attached hydrogen (secondary N) is 2. The smallest absolute Gasteiger partial charge is 0.410 e. The molecule has 1 aromatic rings. The van der Waals surface area contributed by atoms with Crippen molar-refractivity contribution >= 4 is 18.3 Å². The molecule has 1 fully saturated rings. The van der Waals surface area contributed by atoms with Gasteiger partial charge in [0.05, 0.1) is 5.56 Å². The van der Waals surface area contributed by atoms with E-state index in [2.05, 4.69) is 14.9 Å². The first-order valence-corrected chi connectivity index (χ1v) is 9.20. The van der Waals surface area contributed by atoms with Gasteiger partial charge >= 0.3 is 6.09 Å². The van der Waals surface area contributed by atoms with Gasteiger partial charge in [0, 0.05) is 44.3 Å². The predicted molar refractivity (Wildman–Crippen MR) is 97.2 cm³/mol. The Morgan fingerprint density at radius 1 is 1.32 bits per heavy atom. The van der Waals surface area contributed by atoms with Crippen LogP contribution in [-0.2, 0) is 17.7 Å². The predicted octanol–water partition coefficient (Wildman–Crippen LogP) is 2.19. The third-order valence-electron chi connectivity index (χ3n) is 4.66. The second kappa shape index (κ2) is 6.92. The van der Waals surface area contributed by atoms with Gasteiger partial charge in [0.15, 0.2) is 4.77 Å². The first-order chi connectivity index (χ1) is 11.7. The van der Waals surface area contributed by atoms with Crippen LogP contribution in [-0.4, -0.2) is 57.1 Å². The van der Waals surface area contributed by atoms with E-state index < -0.39 is 5.60 Å². The molecule has 0 aliphatic carbocycles. The number of hydrogen-bond acceptors (Lipinski definition) is 5. The molecular weight excluding hydrogens is 340 g/mol. The monoisotopic (exact) mass is 366 g/mol. The summed E-state index contributed by atoms with van der Waals surface area (Å²) in [7, 11) is 0. The van der Waals surface area contributed by atoms with Gasteiger partial charge in [-0.05, 0) is 45.8 Å². The SMILES string of the molecule is CC(C)(C)OC(=O)N1CCCC1CN1CCc2[nH]c(=S)[nH]c(=O)c2C1. The molecule has 3 rings (SSSR count). The lowest BCUT2D eigenvalue weighted by Gasteiger charge is -2.34. The second-order valence-electron chi connectivity index (χ2n) is 7.82. The van der Waals surface area contributed by atoms with Gasteiger partial charge in [0.2, 0.25) is 0 Å². The molecule has 0 saturated carbocycles. The lowest BCUT2D eigenvalue weighted by Crippen LogP contribution is -2.47. The summed E-state index contributed by atoms with van der Waals surface area (Å²) >= 11 is 5.03. The van der Waals surface area contributed by atoms with E-state index in [1.807, 2.05) is 25.7 Å². The number of rotatable bonds is 2. The average Bonchev–Trinajstić information content (AvgIpc) is 2.94. The van der Waals surface area contributed by atoms with Crippen LogP contribution in [0.4, 0.5) is 4.79 Å².